The fraction of sp³-hybridized carbons (Fsp3) is 0. The van der Waals surface area contributed by atoms with Crippen molar-refractivity contribution >= 4 is 77.6 Å². The van der Waals surface area contributed by atoms with E-state index in [2.05, 4.69) is 252 Å². The third kappa shape index (κ3) is 7.06. The quantitative estimate of drug-likeness (QED) is 0.135. The highest BCUT2D eigenvalue weighted by molar-refractivity contribution is 6.14. The fourth-order valence-electron chi connectivity index (χ4n) is 9.49. The highest BCUT2D eigenvalue weighted by atomic mass is 16.3. The lowest BCUT2D eigenvalue weighted by atomic mass is 9.92. The Labute approximate surface area is 378 Å². The molecule has 0 spiro atoms. The van der Waals surface area contributed by atoms with Crippen LogP contribution in [0.4, 0.5) is 34.1 Å². The van der Waals surface area contributed by atoms with E-state index in [1.54, 1.807) is 0 Å². The van der Waals surface area contributed by atoms with Crippen LogP contribution in [0, 0.1) is 0 Å². The first kappa shape index (κ1) is 38.0. The summed E-state index contributed by atoms with van der Waals surface area (Å²) in [6.45, 7) is 0. The first-order valence-corrected chi connectivity index (χ1v) is 22.2. The summed E-state index contributed by atoms with van der Waals surface area (Å²) >= 11 is 0. The van der Waals surface area contributed by atoms with Crippen LogP contribution in [0.3, 0.4) is 0 Å². The van der Waals surface area contributed by atoms with Crippen LogP contribution in [0.2, 0.25) is 0 Å². The average molecular weight is 831 g/mol. The molecule has 12 rings (SSSR count). The zero-order chi connectivity index (χ0) is 43.1. The van der Waals surface area contributed by atoms with Crippen molar-refractivity contribution in [1.29, 1.82) is 0 Å². The van der Waals surface area contributed by atoms with Gasteiger partial charge in [-0.3, -0.25) is 0 Å². The number of hydrogen-bond acceptors (Lipinski definition) is 3. The van der Waals surface area contributed by atoms with Gasteiger partial charge < -0.3 is 14.2 Å². The zero-order valence-electron chi connectivity index (χ0n) is 35.6. The molecule has 0 fully saturated rings. The summed E-state index contributed by atoms with van der Waals surface area (Å²) in [4.78, 5) is 4.78. The molecule has 3 nitrogen and oxygen atoms in total. The van der Waals surface area contributed by atoms with Gasteiger partial charge in [0.05, 0.1) is 0 Å². The van der Waals surface area contributed by atoms with E-state index in [-0.39, 0.29) is 0 Å². The maximum absolute atomic E-state index is 6.35. The molecule has 0 aliphatic rings. The van der Waals surface area contributed by atoms with E-state index >= 15 is 0 Å². The summed E-state index contributed by atoms with van der Waals surface area (Å²) in [7, 11) is 0. The Morgan fingerprint density at radius 2 is 0.677 bits per heavy atom. The van der Waals surface area contributed by atoms with E-state index in [4.69, 9.17) is 4.42 Å². The molecule has 11 aromatic carbocycles. The smallest absolute Gasteiger partial charge is 0.135 e. The Kier molecular flexibility index (Phi) is 9.50. The Hall–Kier alpha value is -8.66. The van der Waals surface area contributed by atoms with E-state index in [9.17, 15) is 0 Å². The average Bonchev–Trinajstić information content (AvgIpc) is 3.76. The Balaban J connectivity index is 1.12. The molecule has 0 atom stereocenters. The molecule has 306 valence electrons. The Bertz CT molecular complexity index is 3550. The van der Waals surface area contributed by atoms with E-state index < -0.39 is 0 Å². The number of rotatable bonds is 9. The number of anilines is 6. The second kappa shape index (κ2) is 16.2. The van der Waals surface area contributed by atoms with Crippen molar-refractivity contribution in [3.8, 4) is 33.4 Å². The molecule has 0 radical (unpaired) electrons. The molecule has 0 bridgehead atoms. The third-order valence-corrected chi connectivity index (χ3v) is 12.6. The summed E-state index contributed by atoms with van der Waals surface area (Å²) in [5, 5.41) is 7.06. The molecule has 0 N–H and O–H groups in total. The molecule has 3 heteroatoms. The minimum Gasteiger partial charge on any atom is -0.456 e. The minimum absolute atomic E-state index is 0.865. The molecule has 0 saturated carbocycles. The van der Waals surface area contributed by atoms with Crippen molar-refractivity contribution in [1.82, 2.24) is 0 Å². The number of hydrogen-bond donors (Lipinski definition) is 0. The molecular formula is C62H42N2O. The van der Waals surface area contributed by atoms with Crippen molar-refractivity contribution in [2.45, 2.75) is 0 Å². The zero-order valence-corrected chi connectivity index (χ0v) is 35.6. The summed E-state index contributed by atoms with van der Waals surface area (Å²) in [5.74, 6) is 0. The van der Waals surface area contributed by atoms with Gasteiger partial charge in [0.25, 0.3) is 0 Å². The van der Waals surface area contributed by atoms with Gasteiger partial charge in [-0.25, -0.2) is 0 Å². The van der Waals surface area contributed by atoms with Gasteiger partial charge in [-0.2, -0.15) is 0 Å². The van der Waals surface area contributed by atoms with Gasteiger partial charge in [0.15, 0.2) is 0 Å². The number of nitrogens with zero attached hydrogens (tertiary/aromatic N) is 2. The highest BCUT2D eigenvalue weighted by Gasteiger charge is 2.22. The topological polar surface area (TPSA) is 19.6 Å². The van der Waals surface area contributed by atoms with Gasteiger partial charge in [0.1, 0.15) is 11.2 Å². The highest BCUT2D eigenvalue weighted by Crippen LogP contribution is 2.46. The molecule has 1 aromatic heterocycles. The standard InChI is InChI=1S/C62H42N2O/c1-4-16-43(17-5-1)45-28-32-50(33-29-45)63(51-34-30-46(31-35-51)44-18-6-2-7-19-44)53-38-48(59-40-47-20-10-11-23-55(47)56-24-12-13-25-57(56)59)39-54(41-53)64(49-21-8-3-9-22-49)52-36-37-62-60(42-52)58-26-14-15-27-61(58)65-62/h1-42H. The summed E-state index contributed by atoms with van der Waals surface area (Å²) in [5.41, 5.74) is 15.0. The lowest BCUT2D eigenvalue weighted by molar-refractivity contribution is 0.669. The van der Waals surface area contributed by atoms with E-state index in [0.717, 1.165) is 61.6 Å². The maximum atomic E-state index is 6.35. The van der Waals surface area contributed by atoms with E-state index in [0.29, 0.717) is 0 Å². The lowest BCUT2D eigenvalue weighted by Gasteiger charge is -2.30. The predicted octanol–water partition coefficient (Wildman–Crippen LogP) is 17.8. The third-order valence-electron chi connectivity index (χ3n) is 12.6. The van der Waals surface area contributed by atoms with Gasteiger partial charge in [-0.05, 0) is 140 Å². The minimum atomic E-state index is 0.865. The summed E-state index contributed by atoms with van der Waals surface area (Å²) in [6, 6.07) is 91.6. The van der Waals surface area contributed by atoms with Crippen molar-refractivity contribution < 1.29 is 4.42 Å². The van der Waals surface area contributed by atoms with Crippen molar-refractivity contribution in [3.63, 3.8) is 0 Å². The van der Waals surface area contributed by atoms with Gasteiger partial charge >= 0.3 is 0 Å². The molecular weight excluding hydrogens is 789 g/mol. The van der Waals surface area contributed by atoms with Crippen LogP contribution in [-0.2, 0) is 0 Å². The van der Waals surface area contributed by atoms with Crippen LogP contribution in [-0.4, -0.2) is 0 Å². The van der Waals surface area contributed by atoms with Crippen LogP contribution in [0.1, 0.15) is 0 Å². The Morgan fingerprint density at radius 1 is 0.231 bits per heavy atom. The van der Waals surface area contributed by atoms with Gasteiger partial charge in [0.2, 0.25) is 0 Å². The van der Waals surface area contributed by atoms with Crippen molar-refractivity contribution in [2.24, 2.45) is 0 Å². The SMILES string of the molecule is c1ccc(-c2ccc(N(c3ccc(-c4ccccc4)cc3)c3cc(-c4cc5ccccc5c5ccccc45)cc(N(c4ccccc4)c4ccc5oc6ccccc6c5c4)c3)cc2)cc1. The van der Waals surface area contributed by atoms with Crippen LogP contribution >= 0.6 is 0 Å². The molecule has 0 unspecified atom stereocenters. The monoisotopic (exact) mass is 830 g/mol. The van der Waals surface area contributed by atoms with E-state index in [1.807, 2.05) is 12.1 Å². The van der Waals surface area contributed by atoms with Crippen LogP contribution in [0.25, 0.3) is 76.9 Å². The second-order valence-corrected chi connectivity index (χ2v) is 16.5. The molecule has 65 heavy (non-hydrogen) atoms. The second-order valence-electron chi connectivity index (χ2n) is 16.5. The lowest BCUT2D eigenvalue weighted by Crippen LogP contribution is -2.13. The number of furan rings is 1. The summed E-state index contributed by atoms with van der Waals surface area (Å²) < 4.78 is 6.35. The largest absolute Gasteiger partial charge is 0.456 e. The maximum Gasteiger partial charge on any atom is 0.135 e. The fourth-order valence-corrected chi connectivity index (χ4v) is 9.49. The summed E-state index contributed by atoms with van der Waals surface area (Å²) in [6.07, 6.45) is 0. The van der Waals surface area contributed by atoms with Crippen LogP contribution in [0.5, 0.6) is 0 Å². The first-order chi connectivity index (χ1) is 32.2. The normalized spacial score (nSPS) is 11.4. The van der Waals surface area contributed by atoms with Crippen LogP contribution in [0.15, 0.2) is 259 Å². The van der Waals surface area contributed by atoms with Crippen LogP contribution < -0.4 is 9.80 Å². The number of para-hydroxylation sites is 2. The van der Waals surface area contributed by atoms with Crippen molar-refractivity contribution in [2.75, 3.05) is 9.80 Å². The van der Waals surface area contributed by atoms with Gasteiger partial charge in [-0.1, -0.05) is 170 Å². The number of fused-ring (bicyclic) bond motifs is 6. The molecule has 1 heterocycles. The van der Waals surface area contributed by atoms with Crippen molar-refractivity contribution in [3.05, 3.63) is 255 Å². The molecule has 0 amide bonds. The molecule has 0 aliphatic heterocycles. The molecule has 0 saturated heterocycles. The number of benzene rings is 11. The molecule has 12 aromatic rings. The predicted molar refractivity (Wildman–Crippen MR) is 274 cm³/mol. The first-order valence-electron chi connectivity index (χ1n) is 22.2. The van der Waals surface area contributed by atoms with Gasteiger partial charge in [-0.15, -0.1) is 0 Å². The Morgan fingerprint density at radius 3 is 1.31 bits per heavy atom. The van der Waals surface area contributed by atoms with E-state index in [1.165, 1.54) is 49.4 Å². The van der Waals surface area contributed by atoms with Gasteiger partial charge in [0, 0.05) is 44.9 Å². The molecule has 0 aliphatic carbocycles.